The zero-order chi connectivity index (χ0) is 23.0. The fraction of sp³-hybridized carbons (Fsp3) is 0.500. The van der Waals surface area contributed by atoms with Crippen LogP contribution >= 0.6 is 0 Å². The molecule has 32 heavy (non-hydrogen) atoms. The summed E-state index contributed by atoms with van der Waals surface area (Å²) in [4.78, 5) is 4.98. The van der Waals surface area contributed by atoms with E-state index in [-0.39, 0.29) is 4.90 Å². The van der Waals surface area contributed by atoms with Gasteiger partial charge in [-0.3, -0.25) is 4.90 Å². The van der Waals surface area contributed by atoms with Crippen LogP contribution in [0.4, 0.5) is 5.69 Å². The molecule has 0 unspecified atom stereocenters. The third kappa shape index (κ3) is 6.85. The van der Waals surface area contributed by atoms with Crippen LogP contribution in [0.5, 0.6) is 11.5 Å². The van der Waals surface area contributed by atoms with Crippen LogP contribution in [0.1, 0.15) is 20.3 Å². The molecule has 176 valence electrons. The van der Waals surface area contributed by atoms with Gasteiger partial charge >= 0.3 is 0 Å². The fourth-order valence-electron chi connectivity index (χ4n) is 3.67. The maximum atomic E-state index is 12.5. The number of benzene rings is 2. The Hall–Kier alpha value is -2.29. The fourth-order valence-corrected chi connectivity index (χ4v) is 4.75. The predicted octanol–water partition coefficient (Wildman–Crippen LogP) is 3.22. The van der Waals surface area contributed by atoms with Gasteiger partial charge in [-0.05, 0) is 55.3 Å². The van der Waals surface area contributed by atoms with E-state index in [0.717, 1.165) is 50.6 Å². The summed E-state index contributed by atoms with van der Waals surface area (Å²) in [5.74, 6) is 2.00. The van der Waals surface area contributed by atoms with Crippen molar-refractivity contribution < 1.29 is 17.9 Å². The van der Waals surface area contributed by atoms with Gasteiger partial charge in [0.25, 0.3) is 0 Å². The van der Waals surface area contributed by atoms with E-state index in [2.05, 4.69) is 34.4 Å². The lowest BCUT2D eigenvalue weighted by atomic mass is 10.2. The maximum absolute atomic E-state index is 12.5. The Balaban J connectivity index is 1.39. The summed E-state index contributed by atoms with van der Waals surface area (Å²) in [6.07, 6.45) is 0.767. The second kappa shape index (κ2) is 11.5. The van der Waals surface area contributed by atoms with Crippen molar-refractivity contribution in [2.75, 3.05) is 57.9 Å². The van der Waals surface area contributed by atoms with Crippen molar-refractivity contribution in [1.29, 1.82) is 0 Å². The predicted molar refractivity (Wildman–Crippen MR) is 128 cm³/mol. The summed E-state index contributed by atoms with van der Waals surface area (Å²) in [5.41, 5.74) is 1.13. The molecule has 1 heterocycles. The SMILES string of the molecule is COc1ccccc1N1CCN(CCCNS(=O)(=O)c2ccc(OCC(C)C)cc2)CC1. The number of para-hydroxylation sites is 2. The van der Waals surface area contributed by atoms with E-state index in [1.54, 1.807) is 31.4 Å². The molecule has 0 spiro atoms. The van der Waals surface area contributed by atoms with Crippen molar-refractivity contribution in [2.45, 2.75) is 25.2 Å². The molecule has 1 aliphatic rings. The monoisotopic (exact) mass is 461 g/mol. The number of hydrogen-bond acceptors (Lipinski definition) is 6. The number of sulfonamides is 1. The molecule has 1 fully saturated rings. The standard InChI is InChI=1S/C24H35N3O4S/c1-20(2)19-31-21-9-11-22(12-10-21)32(28,29)25-13-6-14-26-15-17-27(18-16-26)23-7-4-5-8-24(23)30-3/h4-5,7-12,20,25H,6,13-19H2,1-3H3. The molecule has 8 heteroatoms. The van der Waals surface area contributed by atoms with Crippen LogP contribution in [0.3, 0.4) is 0 Å². The summed E-state index contributed by atoms with van der Waals surface area (Å²) in [5, 5.41) is 0. The third-order valence-electron chi connectivity index (χ3n) is 5.46. The molecule has 2 aromatic carbocycles. The third-order valence-corrected chi connectivity index (χ3v) is 6.94. The topological polar surface area (TPSA) is 71.1 Å². The van der Waals surface area contributed by atoms with Gasteiger partial charge < -0.3 is 14.4 Å². The van der Waals surface area contributed by atoms with E-state index >= 15 is 0 Å². The van der Waals surface area contributed by atoms with Crippen LogP contribution in [0, 0.1) is 5.92 Å². The second-order valence-corrected chi connectivity index (χ2v) is 10.2. The summed E-state index contributed by atoms with van der Waals surface area (Å²) < 4.78 is 38.9. The molecule has 1 aliphatic heterocycles. The van der Waals surface area contributed by atoms with E-state index in [1.165, 1.54) is 0 Å². The zero-order valence-electron chi connectivity index (χ0n) is 19.3. The van der Waals surface area contributed by atoms with Gasteiger partial charge in [0, 0.05) is 32.7 Å². The molecular formula is C24H35N3O4S. The van der Waals surface area contributed by atoms with Gasteiger partial charge in [-0.15, -0.1) is 0 Å². The first-order chi connectivity index (χ1) is 15.4. The van der Waals surface area contributed by atoms with Crippen molar-refractivity contribution in [1.82, 2.24) is 9.62 Å². The van der Waals surface area contributed by atoms with Gasteiger partial charge in [0.2, 0.25) is 10.0 Å². The molecule has 0 atom stereocenters. The van der Waals surface area contributed by atoms with Gasteiger partial charge in [-0.25, -0.2) is 13.1 Å². The molecule has 3 rings (SSSR count). The molecule has 1 N–H and O–H groups in total. The van der Waals surface area contributed by atoms with Gasteiger partial charge in [-0.2, -0.15) is 0 Å². The van der Waals surface area contributed by atoms with Crippen LogP contribution in [0.15, 0.2) is 53.4 Å². The first-order valence-corrected chi connectivity index (χ1v) is 12.7. The zero-order valence-corrected chi connectivity index (χ0v) is 20.1. The van der Waals surface area contributed by atoms with Crippen molar-refractivity contribution in [3.05, 3.63) is 48.5 Å². The lowest BCUT2D eigenvalue weighted by Gasteiger charge is -2.36. The van der Waals surface area contributed by atoms with Crippen molar-refractivity contribution in [3.8, 4) is 11.5 Å². The van der Waals surface area contributed by atoms with E-state index in [1.807, 2.05) is 18.2 Å². The minimum absolute atomic E-state index is 0.264. The van der Waals surface area contributed by atoms with E-state index in [4.69, 9.17) is 9.47 Å². The minimum Gasteiger partial charge on any atom is -0.495 e. The van der Waals surface area contributed by atoms with Crippen LogP contribution in [-0.2, 0) is 10.0 Å². The van der Waals surface area contributed by atoms with Crippen LogP contribution < -0.4 is 19.1 Å². The molecule has 0 radical (unpaired) electrons. The molecule has 0 aromatic heterocycles. The number of nitrogens with one attached hydrogen (secondary N) is 1. The van der Waals surface area contributed by atoms with Crippen molar-refractivity contribution in [2.24, 2.45) is 5.92 Å². The lowest BCUT2D eigenvalue weighted by molar-refractivity contribution is 0.254. The Kier molecular flexibility index (Phi) is 8.78. The van der Waals surface area contributed by atoms with Crippen LogP contribution in [0.2, 0.25) is 0 Å². The quantitative estimate of drug-likeness (QED) is 0.518. The van der Waals surface area contributed by atoms with Crippen LogP contribution in [0.25, 0.3) is 0 Å². The van der Waals surface area contributed by atoms with Gasteiger partial charge in [0.05, 0.1) is 24.3 Å². The normalized spacial score (nSPS) is 15.2. The Labute approximate surface area is 192 Å². The number of piperazine rings is 1. The molecule has 0 saturated carbocycles. The Bertz CT molecular complexity index is 940. The van der Waals surface area contributed by atoms with Gasteiger partial charge in [0.15, 0.2) is 0 Å². The second-order valence-electron chi connectivity index (χ2n) is 8.43. The number of nitrogens with zero attached hydrogens (tertiary/aromatic N) is 2. The summed E-state index contributed by atoms with van der Waals surface area (Å²) in [6.45, 7) is 9.79. The van der Waals surface area contributed by atoms with E-state index in [0.29, 0.717) is 24.8 Å². The Morgan fingerprint density at radius 1 is 1.00 bits per heavy atom. The maximum Gasteiger partial charge on any atom is 0.240 e. The molecule has 0 amide bonds. The largest absolute Gasteiger partial charge is 0.495 e. The summed E-state index contributed by atoms with van der Waals surface area (Å²) in [7, 11) is -1.81. The highest BCUT2D eigenvalue weighted by Crippen LogP contribution is 2.28. The van der Waals surface area contributed by atoms with Crippen molar-refractivity contribution >= 4 is 15.7 Å². The highest BCUT2D eigenvalue weighted by atomic mass is 32.2. The van der Waals surface area contributed by atoms with Crippen molar-refractivity contribution in [3.63, 3.8) is 0 Å². The molecule has 1 saturated heterocycles. The summed E-state index contributed by atoms with van der Waals surface area (Å²) >= 11 is 0. The number of anilines is 1. The van der Waals surface area contributed by atoms with E-state index in [9.17, 15) is 8.42 Å². The van der Waals surface area contributed by atoms with Gasteiger partial charge in [-0.1, -0.05) is 26.0 Å². The molecular weight excluding hydrogens is 426 g/mol. The highest BCUT2D eigenvalue weighted by molar-refractivity contribution is 7.89. The number of rotatable bonds is 11. The lowest BCUT2D eigenvalue weighted by Crippen LogP contribution is -2.47. The number of hydrogen-bond donors (Lipinski definition) is 1. The first kappa shape index (κ1) is 24.4. The Morgan fingerprint density at radius 2 is 1.69 bits per heavy atom. The molecule has 2 aromatic rings. The average molecular weight is 462 g/mol. The smallest absolute Gasteiger partial charge is 0.240 e. The highest BCUT2D eigenvalue weighted by Gasteiger charge is 2.19. The molecule has 0 bridgehead atoms. The molecule has 0 aliphatic carbocycles. The first-order valence-electron chi connectivity index (χ1n) is 11.2. The minimum atomic E-state index is -3.51. The van der Waals surface area contributed by atoms with Gasteiger partial charge in [0.1, 0.15) is 11.5 Å². The number of methoxy groups -OCH3 is 1. The number of ether oxygens (including phenoxy) is 2. The van der Waals surface area contributed by atoms with Crippen LogP contribution in [-0.4, -0.2) is 66.3 Å². The Morgan fingerprint density at radius 3 is 2.34 bits per heavy atom. The summed E-state index contributed by atoms with van der Waals surface area (Å²) in [6, 6.07) is 14.7. The molecule has 7 nitrogen and oxygen atoms in total. The average Bonchev–Trinajstić information content (AvgIpc) is 2.81. The van der Waals surface area contributed by atoms with E-state index < -0.39 is 10.0 Å².